The number of benzene rings is 2. The van der Waals surface area contributed by atoms with Gasteiger partial charge < -0.3 is 14.8 Å². The van der Waals surface area contributed by atoms with Gasteiger partial charge in [-0.25, -0.2) is 4.39 Å². The number of hydrogen-bond acceptors (Lipinski definition) is 3. The van der Waals surface area contributed by atoms with Gasteiger partial charge in [0.25, 0.3) is 5.91 Å². The largest absolute Gasteiger partial charge is 0.486 e. The van der Waals surface area contributed by atoms with Crippen molar-refractivity contribution in [1.82, 2.24) is 5.32 Å². The van der Waals surface area contributed by atoms with Crippen molar-refractivity contribution in [3.63, 3.8) is 0 Å². The minimum Gasteiger partial charge on any atom is -0.486 e. The van der Waals surface area contributed by atoms with Crippen molar-refractivity contribution in [2.45, 2.75) is 19.9 Å². The Kier molecular flexibility index (Phi) is 4.69. The summed E-state index contributed by atoms with van der Waals surface area (Å²) in [6.07, 6.45) is 0. The molecule has 4 nitrogen and oxygen atoms in total. The van der Waals surface area contributed by atoms with Gasteiger partial charge in [0.2, 0.25) is 0 Å². The van der Waals surface area contributed by atoms with Crippen LogP contribution in [-0.2, 0) is 0 Å². The van der Waals surface area contributed by atoms with Crippen molar-refractivity contribution in [2.24, 2.45) is 5.92 Å². The van der Waals surface area contributed by atoms with Gasteiger partial charge in [-0.15, -0.1) is 0 Å². The molecule has 1 aliphatic rings. The average molecular weight is 329 g/mol. The van der Waals surface area contributed by atoms with Crippen LogP contribution in [0.4, 0.5) is 4.39 Å². The lowest BCUT2D eigenvalue weighted by molar-refractivity contribution is 0.0925. The Morgan fingerprint density at radius 1 is 1.08 bits per heavy atom. The number of carbonyl (C=O) groups is 1. The van der Waals surface area contributed by atoms with E-state index in [2.05, 4.69) is 5.32 Å². The molecule has 1 amide bonds. The predicted octanol–water partition coefficient (Wildman–Crippen LogP) is 3.72. The summed E-state index contributed by atoms with van der Waals surface area (Å²) in [6, 6.07) is 11.1. The Balaban J connectivity index is 1.83. The maximum Gasteiger partial charge on any atom is 0.251 e. The molecule has 0 radical (unpaired) electrons. The van der Waals surface area contributed by atoms with E-state index in [1.807, 2.05) is 32.0 Å². The second kappa shape index (κ2) is 6.91. The highest BCUT2D eigenvalue weighted by atomic mass is 19.1. The van der Waals surface area contributed by atoms with Gasteiger partial charge in [0.15, 0.2) is 11.5 Å². The van der Waals surface area contributed by atoms with Crippen LogP contribution in [0.15, 0.2) is 42.5 Å². The molecule has 1 atom stereocenters. The smallest absolute Gasteiger partial charge is 0.251 e. The Hall–Kier alpha value is -2.56. The maximum atomic E-state index is 13.3. The number of fused-ring (bicyclic) bond motifs is 1. The highest BCUT2D eigenvalue weighted by molar-refractivity contribution is 5.94. The van der Waals surface area contributed by atoms with Gasteiger partial charge >= 0.3 is 0 Å². The van der Waals surface area contributed by atoms with Crippen LogP contribution in [0.25, 0.3) is 0 Å². The van der Waals surface area contributed by atoms with Crippen LogP contribution >= 0.6 is 0 Å². The van der Waals surface area contributed by atoms with Crippen molar-refractivity contribution in [1.29, 1.82) is 0 Å². The van der Waals surface area contributed by atoms with Gasteiger partial charge in [-0.2, -0.15) is 0 Å². The van der Waals surface area contributed by atoms with E-state index in [9.17, 15) is 9.18 Å². The van der Waals surface area contributed by atoms with E-state index >= 15 is 0 Å². The zero-order valence-corrected chi connectivity index (χ0v) is 13.7. The average Bonchev–Trinajstić information content (AvgIpc) is 2.58. The summed E-state index contributed by atoms with van der Waals surface area (Å²) >= 11 is 0. The van der Waals surface area contributed by atoms with Gasteiger partial charge in [-0.3, -0.25) is 4.79 Å². The lowest BCUT2D eigenvalue weighted by Gasteiger charge is -2.25. The molecule has 1 unspecified atom stereocenters. The SMILES string of the molecule is CC(C)C(NC(=O)c1cccc(F)c1)c1ccc2c(c1)OCCO2. The molecule has 5 heteroatoms. The molecule has 3 rings (SSSR count). The molecule has 0 saturated heterocycles. The van der Waals surface area contributed by atoms with E-state index in [-0.39, 0.29) is 17.9 Å². The first-order chi connectivity index (χ1) is 11.5. The second-order valence-corrected chi connectivity index (χ2v) is 6.11. The summed E-state index contributed by atoms with van der Waals surface area (Å²) < 4.78 is 24.5. The van der Waals surface area contributed by atoms with E-state index in [0.29, 0.717) is 30.3 Å². The standard InChI is InChI=1S/C19H20FNO3/c1-12(2)18(21-19(22)14-4-3-5-15(20)10-14)13-6-7-16-17(11-13)24-9-8-23-16/h3-7,10-12,18H,8-9H2,1-2H3,(H,21,22). The van der Waals surface area contributed by atoms with Gasteiger partial charge in [0, 0.05) is 5.56 Å². The minimum absolute atomic E-state index is 0.157. The van der Waals surface area contributed by atoms with E-state index in [4.69, 9.17) is 9.47 Å². The first kappa shape index (κ1) is 16.3. The van der Waals surface area contributed by atoms with Crippen LogP contribution in [0.5, 0.6) is 11.5 Å². The number of carbonyl (C=O) groups excluding carboxylic acids is 1. The first-order valence-corrected chi connectivity index (χ1v) is 8.00. The second-order valence-electron chi connectivity index (χ2n) is 6.11. The fourth-order valence-corrected chi connectivity index (χ4v) is 2.74. The summed E-state index contributed by atoms with van der Waals surface area (Å²) in [6.45, 7) is 5.09. The fraction of sp³-hybridized carbons (Fsp3) is 0.316. The molecular formula is C19H20FNO3. The summed E-state index contributed by atoms with van der Waals surface area (Å²) in [5, 5.41) is 2.98. The molecule has 2 aromatic rings. The number of ether oxygens (including phenoxy) is 2. The van der Waals surface area contributed by atoms with Crippen molar-refractivity contribution in [3.8, 4) is 11.5 Å². The van der Waals surface area contributed by atoms with Gasteiger partial charge in [0.05, 0.1) is 6.04 Å². The highest BCUT2D eigenvalue weighted by Gasteiger charge is 2.22. The summed E-state index contributed by atoms with van der Waals surface area (Å²) in [5.41, 5.74) is 1.23. The molecule has 0 fully saturated rings. The number of amides is 1. The van der Waals surface area contributed by atoms with Crippen LogP contribution in [0.3, 0.4) is 0 Å². The molecule has 1 heterocycles. The maximum absolute atomic E-state index is 13.3. The fourth-order valence-electron chi connectivity index (χ4n) is 2.74. The Labute approximate surface area is 140 Å². The molecule has 0 aromatic heterocycles. The Morgan fingerprint density at radius 3 is 2.54 bits per heavy atom. The topological polar surface area (TPSA) is 47.6 Å². The van der Waals surface area contributed by atoms with Crippen molar-refractivity contribution >= 4 is 5.91 Å². The minimum atomic E-state index is -0.428. The van der Waals surface area contributed by atoms with Crippen LogP contribution in [0, 0.1) is 11.7 Å². The Morgan fingerprint density at radius 2 is 1.83 bits per heavy atom. The predicted molar refractivity (Wildman–Crippen MR) is 88.9 cm³/mol. The first-order valence-electron chi connectivity index (χ1n) is 8.00. The van der Waals surface area contributed by atoms with Crippen molar-refractivity contribution < 1.29 is 18.7 Å². The van der Waals surface area contributed by atoms with Crippen LogP contribution in [0.1, 0.15) is 35.8 Å². The lowest BCUT2D eigenvalue weighted by atomic mass is 9.95. The number of nitrogens with one attached hydrogen (secondary N) is 1. The normalized spacial score (nSPS) is 14.3. The molecule has 0 bridgehead atoms. The molecule has 0 saturated carbocycles. The van der Waals surface area contributed by atoms with Gasteiger partial charge in [0.1, 0.15) is 19.0 Å². The molecule has 0 spiro atoms. The summed E-state index contributed by atoms with van der Waals surface area (Å²) in [4.78, 5) is 12.4. The van der Waals surface area contributed by atoms with Crippen LogP contribution in [0.2, 0.25) is 0 Å². The third-order valence-corrected chi connectivity index (χ3v) is 3.97. The van der Waals surface area contributed by atoms with E-state index < -0.39 is 5.82 Å². The van der Waals surface area contributed by atoms with Gasteiger partial charge in [-0.1, -0.05) is 26.0 Å². The van der Waals surface area contributed by atoms with Crippen LogP contribution < -0.4 is 14.8 Å². The third-order valence-electron chi connectivity index (χ3n) is 3.97. The van der Waals surface area contributed by atoms with Gasteiger partial charge in [-0.05, 0) is 41.8 Å². The van der Waals surface area contributed by atoms with Crippen molar-refractivity contribution in [2.75, 3.05) is 13.2 Å². The van der Waals surface area contributed by atoms with E-state index in [1.54, 1.807) is 6.07 Å². The van der Waals surface area contributed by atoms with E-state index in [1.165, 1.54) is 18.2 Å². The number of rotatable bonds is 4. The molecular weight excluding hydrogens is 309 g/mol. The quantitative estimate of drug-likeness (QED) is 0.930. The third kappa shape index (κ3) is 3.50. The molecule has 2 aromatic carbocycles. The zero-order valence-electron chi connectivity index (χ0n) is 13.7. The number of halogens is 1. The number of hydrogen-bond donors (Lipinski definition) is 1. The molecule has 0 aliphatic carbocycles. The summed E-state index contributed by atoms with van der Waals surface area (Å²) in [7, 11) is 0. The molecule has 24 heavy (non-hydrogen) atoms. The van der Waals surface area contributed by atoms with Crippen LogP contribution in [-0.4, -0.2) is 19.1 Å². The van der Waals surface area contributed by atoms with E-state index in [0.717, 1.165) is 5.56 Å². The molecule has 1 N–H and O–H groups in total. The summed E-state index contributed by atoms with van der Waals surface area (Å²) in [5.74, 6) is 0.824. The zero-order chi connectivity index (χ0) is 17.1. The molecule has 1 aliphatic heterocycles. The lowest BCUT2D eigenvalue weighted by Crippen LogP contribution is -2.32. The molecule has 126 valence electrons. The monoisotopic (exact) mass is 329 g/mol. The van der Waals surface area contributed by atoms with Crippen molar-refractivity contribution in [3.05, 3.63) is 59.4 Å². The Bertz CT molecular complexity index is 745. The highest BCUT2D eigenvalue weighted by Crippen LogP contribution is 2.34.